The fourth-order valence-corrected chi connectivity index (χ4v) is 4.30. The number of halogens is 1. The van der Waals surface area contributed by atoms with Crippen LogP contribution in [-0.4, -0.2) is 41.5 Å². The SMILES string of the molecule is O=C(CCN1C(=O)[C@H]2CC=CC[C@H]2C1=O)NCCSCc1ccccc1F. The summed E-state index contributed by atoms with van der Waals surface area (Å²) < 4.78 is 13.5. The number of nitrogens with one attached hydrogen (secondary N) is 1. The number of rotatable bonds is 8. The van der Waals surface area contributed by atoms with Gasteiger partial charge >= 0.3 is 0 Å². The molecule has 1 aromatic carbocycles. The number of imide groups is 1. The molecule has 3 amide bonds. The highest BCUT2D eigenvalue weighted by atomic mass is 32.2. The van der Waals surface area contributed by atoms with Crippen LogP contribution in [0.1, 0.15) is 24.8 Å². The van der Waals surface area contributed by atoms with Crippen LogP contribution in [0.15, 0.2) is 36.4 Å². The number of benzene rings is 1. The molecule has 5 nitrogen and oxygen atoms in total. The van der Waals surface area contributed by atoms with Crippen molar-refractivity contribution in [1.29, 1.82) is 0 Å². The summed E-state index contributed by atoms with van der Waals surface area (Å²) in [6, 6.07) is 6.64. The average Bonchev–Trinajstić information content (AvgIpc) is 2.92. The molecule has 144 valence electrons. The van der Waals surface area contributed by atoms with Crippen molar-refractivity contribution in [2.45, 2.75) is 25.0 Å². The number of thioether (sulfide) groups is 1. The van der Waals surface area contributed by atoms with E-state index in [0.29, 0.717) is 36.5 Å². The van der Waals surface area contributed by atoms with Gasteiger partial charge in [-0.25, -0.2) is 4.39 Å². The van der Waals surface area contributed by atoms with E-state index in [1.165, 1.54) is 22.7 Å². The van der Waals surface area contributed by atoms with Crippen molar-refractivity contribution in [2.75, 3.05) is 18.8 Å². The van der Waals surface area contributed by atoms with E-state index in [1.807, 2.05) is 12.2 Å². The van der Waals surface area contributed by atoms with Gasteiger partial charge in [0.25, 0.3) is 0 Å². The molecule has 1 heterocycles. The van der Waals surface area contributed by atoms with Crippen molar-refractivity contribution >= 4 is 29.5 Å². The molecule has 0 aromatic heterocycles. The number of amides is 3. The van der Waals surface area contributed by atoms with Crippen LogP contribution in [0.5, 0.6) is 0 Å². The van der Waals surface area contributed by atoms with E-state index in [4.69, 9.17) is 0 Å². The van der Waals surface area contributed by atoms with Crippen LogP contribution in [0, 0.1) is 17.7 Å². The zero-order chi connectivity index (χ0) is 19.2. The molecule has 0 saturated carbocycles. The highest BCUT2D eigenvalue weighted by Gasteiger charge is 2.46. The first-order chi connectivity index (χ1) is 13.1. The predicted molar refractivity (Wildman–Crippen MR) is 102 cm³/mol. The van der Waals surface area contributed by atoms with Crippen LogP contribution in [0.25, 0.3) is 0 Å². The van der Waals surface area contributed by atoms with Gasteiger partial charge in [-0.15, -0.1) is 0 Å². The van der Waals surface area contributed by atoms with Gasteiger partial charge in [0.05, 0.1) is 11.8 Å². The van der Waals surface area contributed by atoms with Gasteiger partial charge in [-0.1, -0.05) is 30.4 Å². The summed E-state index contributed by atoms with van der Waals surface area (Å²) in [5, 5.41) is 2.78. The lowest BCUT2D eigenvalue weighted by Crippen LogP contribution is -2.36. The molecule has 0 radical (unpaired) electrons. The van der Waals surface area contributed by atoms with Crippen LogP contribution in [0.3, 0.4) is 0 Å². The summed E-state index contributed by atoms with van der Waals surface area (Å²) in [7, 11) is 0. The normalized spacial score (nSPS) is 21.4. The molecule has 27 heavy (non-hydrogen) atoms. The molecule has 0 bridgehead atoms. The van der Waals surface area contributed by atoms with Crippen LogP contribution in [0.4, 0.5) is 4.39 Å². The summed E-state index contributed by atoms with van der Waals surface area (Å²) in [6.45, 7) is 0.605. The zero-order valence-corrected chi connectivity index (χ0v) is 15.8. The molecule has 7 heteroatoms. The van der Waals surface area contributed by atoms with Crippen molar-refractivity contribution in [3.63, 3.8) is 0 Å². The minimum absolute atomic E-state index is 0.113. The second-order valence-corrected chi connectivity index (χ2v) is 7.83. The summed E-state index contributed by atoms with van der Waals surface area (Å²) in [5.41, 5.74) is 0.649. The summed E-state index contributed by atoms with van der Waals surface area (Å²) in [5.74, 6) is 0.0128. The van der Waals surface area contributed by atoms with Crippen molar-refractivity contribution in [1.82, 2.24) is 10.2 Å². The van der Waals surface area contributed by atoms with E-state index in [-0.39, 0.29) is 48.3 Å². The number of allylic oxidation sites excluding steroid dienone is 2. The minimum Gasteiger partial charge on any atom is -0.355 e. The van der Waals surface area contributed by atoms with Crippen molar-refractivity contribution in [3.8, 4) is 0 Å². The van der Waals surface area contributed by atoms with Crippen LogP contribution < -0.4 is 5.32 Å². The highest BCUT2D eigenvalue weighted by molar-refractivity contribution is 7.98. The molecule has 0 spiro atoms. The van der Waals surface area contributed by atoms with Gasteiger partial charge in [0, 0.05) is 31.0 Å². The molecular formula is C20H23FN2O3S. The fraction of sp³-hybridized carbons (Fsp3) is 0.450. The highest BCUT2D eigenvalue weighted by Crippen LogP contribution is 2.34. The first kappa shape index (κ1) is 19.6. The third-order valence-corrected chi connectivity index (χ3v) is 5.95. The molecule has 2 atom stereocenters. The van der Waals surface area contributed by atoms with Gasteiger partial charge in [0.15, 0.2) is 0 Å². The Bertz CT molecular complexity index is 726. The predicted octanol–water partition coefficient (Wildman–Crippen LogP) is 2.52. The molecule has 3 rings (SSSR count). The summed E-state index contributed by atoms with van der Waals surface area (Å²) in [6.07, 6.45) is 5.22. The van der Waals surface area contributed by atoms with E-state index in [2.05, 4.69) is 5.32 Å². The molecule has 1 aromatic rings. The number of hydrogen-bond acceptors (Lipinski definition) is 4. The minimum atomic E-state index is -0.250. The van der Waals surface area contributed by atoms with E-state index in [9.17, 15) is 18.8 Å². The Balaban J connectivity index is 1.34. The molecule has 1 aliphatic heterocycles. The Morgan fingerprint density at radius 3 is 2.48 bits per heavy atom. The molecule has 0 unspecified atom stereocenters. The molecular weight excluding hydrogens is 367 g/mol. The average molecular weight is 390 g/mol. The number of fused-ring (bicyclic) bond motifs is 1. The van der Waals surface area contributed by atoms with Crippen molar-refractivity contribution < 1.29 is 18.8 Å². The van der Waals surface area contributed by atoms with Gasteiger partial charge in [-0.05, 0) is 24.5 Å². The van der Waals surface area contributed by atoms with Gasteiger partial charge in [0.2, 0.25) is 17.7 Å². The Morgan fingerprint density at radius 2 is 1.81 bits per heavy atom. The topological polar surface area (TPSA) is 66.5 Å². The van der Waals surface area contributed by atoms with Gasteiger partial charge < -0.3 is 5.32 Å². The molecule has 1 fully saturated rings. The Morgan fingerprint density at radius 1 is 1.15 bits per heavy atom. The monoisotopic (exact) mass is 390 g/mol. The second-order valence-electron chi connectivity index (χ2n) is 6.73. The second kappa shape index (κ2) is 9.17. The molecule has 1 N–H and O–H groups in total. The lowest BCUT2D eigenvalue weighted by molar-refractivity contribution is -0.140. The first-order valence-electron chi connectivity index (χ1n) is 9.16. The smallest absolute Gasteiger partial charge is 0.233 e. The summed E-state index contributed by atoms with van der Waals surface area (Å²) >= 11 is 1.54. The number of nitrogens with zero attached hydrogens (tertiary/aromatic N) is 1. The van der Waals surface area contributed by atoms with Gasteiger partial charge in [0.1, 0.15) is 5.82 Å². The van der Waals surface area contributed by atoms with E-state index in [1.54, 1.807) is 18.2 Å². The van der Waals surface area contributed by atoms with E-state index < -0.39 is 0 Å². The molecule has 2 aliphatic rings. The third-order valence-electron chi connectivity index (χ3n) is 4.95. The number of carbonyl (C=O) groups excluding carboxylic acids is 3. The Kier molecular flexibility index (Phi) is 6.66. The molecule has 1 saturated heterocycles. The quantitative estimate of drug-likeness (QED) is 0.421. The Hall–Kier alpha value is -2.15. The maximum Gasteiger partial charge on any atom is 0.233 e. The Labute approximate surface area is 162 Å². The number of hydrogen-bond donors (Lipinski definition) is 1. The van der Waals surface area contributed by atoms with Crippen molar-refractivity contribution in [2.24, 2.45) is 11.8 Å². The van der Waals surface area contributed by atoms with Gasteiger partial charge in [-0.3, -0.25) is 19.3 Å². The first-order valence-corrected chi connectivity index (χ1v) is 10.3. The summed E-state index contributed by atoms with van der Waals surface area (Å²) in [4.78, 5) is 37.9. The van der Waals surface area contributed by atoms with Crippen LogP contribution >= 0.6 is 11.8 Å². The largest absolute Gasteiger partial charge is 0.355 e. The zero-order valence-electron chi connectivity index (χ0n) is 15.0. The number of likely N-dealkylation sites (tertiary alicyclic amines) is 1. The lowest BCUT2D eigenvalue weighted by Gasteiger charge is -2.14. The van der Waals surface area contributed by atoms with Crippen molar-refractivity contribution in [3.05, 3.63) is 47.8 Å². The van der Waals surface area contributed by atoms with Gasteiger partial charge in [-0.2, -0.15) is 11.8 Å². The lowest BCUT2D eigenvalue weighted by atomic mass is 9.85. The van der Waals surface area contributed by atoms with E-state index >= 15 is 0 Å². The van der Waals surface area contributed by atoms with Crippen LogP contribution in [-0.2, 0) is 20.1 Å². The maximum absolute atomic E-state index is 13.5. The maximum atomic E-state index is 13.5. The standard InChI is InChI=1S/C20H23FN2O3S/c21-17-8-4-1-5-14(17)13-27-12-10-22-18(24)9-11-23-19(25)15-6-2-3-7-16(15)20(23)26/h1-5,8,15-16H,6-7,9-13H2,(H,22,24)/t15-,16+. The molecule has 1 aliphatic carbocycles. The fourth-order valence-electron chi connectivity index (χ4n) is 3.45. The van der Waals surface area contributed by atoms with E-state index in [0.717, 1.165) is 0 Å². The van der Waals surface area contributed by atoms with Crippen LogP contribution in [0.2, 0.25) is 0 Å². The number of carbonyl (C=O) groups is 3. The third kappa shape index (κ3) is 4.77.